The second kappa shape index (κ2) is 62.5. The zero-order valence-corrected chi connectivity index (χ0v) is 71.5. The van der Waals surface area contributed by atoms with Gasteiger partial charge in [0, 0.05) is 23.5 Å². The maximum atomic E-state index is 14.9. The molecule has 37 N–H and O–H groups in total. The summed E-state index contributed by atoms with van der Waals surface area (Å²) in [7, 11) is 0. The van der Waals surface area contributed by atoms with Crippen molar-refractivity contribution in [3.8, 4) is 5.75 Å². The lowest BCUT2D eigenvalue weighted by Crippen LogP contribution is -2.61. The van der Waals surface area contributed by atoms with Crippen LogP contribution in [0, 0.1) is 0 Å². The number of unbranched alkanes of at least 4 members (excludes halogenated alkanes) is 10. The number of aromatic hydroxyl groups is 1. The summed E-state index contributed by atoms with van der Waals surface area (Å²) in [4.78, 5) is 190. The highest BCUT2D eigenvalue weighted by atomic mass is 16.4. The number of carbonyl (C=O) groups is 13. The van der Waals surface area contributed by atoms with E-state index in [2.05, 4.69) is 68.8 Å². The molecule has 0 fully saturated rings. The molecule has 0 aliphatic rings. The number of hydrogen-bond donors (Lipinski definition) is 26. The average Bonchev–Trinajstić information content (AvgIpc) is 1.66. The highest BCUT2D eigenvalue weighted by Gasteiger charge is 2.38. The maximum Gasteiger partial charge on any atom is 0.326 e. The number of carboxylic acids is 1. The van der Waals surface area contributed by atoms with Crippen molar-refractivity contribution in [2.45, 2.75) is 291 Å². The summed E-state index contributed by atoms with van der Waals surface area (Å²) in [5, 5.41) is 53.6. The third kappa shape index (κ3) is 41.5. The number of benzene rings is 2. The van der Waals surface area contributed by atoms with Crippen LogP contribution in [-0.2, 0) is 75.2 Å². The van der Waals surface area contributed by atoms with Crippen molar-refractivity contribution in [2.24, 2.45) is 63.1 Å². The van der Waals surface area contributed by atoms with E-state index in [1.54, 1.807) is 24.4 Å². The molecule has 0 bridgehead atoms. The third-order valence-corrected chi connectivity index (χ3v) is 21.0. The van der Waals surface area contributed by atoms with E-state index in [1.807, 2.05) is 18.2 Å². The van der Waals surface area contributed by atoms with Gasteiger partial charge in [-0.05, 0) is 301 Å². The van der Waals surface area contributed by atoms with Gasteiger partial charge >= 0.3 is 5.97 Å². The predicted octanol–water partition coefficient (Wildman–Crippen LogP) is -2.80. The number of para-hydroxylation sites is 1. The lowest BCUT2D eigenvalue weighted by atomic mass is 10.0. The molecule has 0 aliphatic carbocycles. The number of aromatic nitrogens is 1. The fraction of sp³-hybridized carbons (Fsp3) is 0.675. The fourth-order valence-corrected chi connectivity index (χ4v) is 13.7. The summed E-state index contributed by atoms with van der Waals surface area (Å²) >= 11 is 0. The quantitative estimate of drug-likeness (QED) is 0.0254. The predicted molar refractivity (Wildman–Crippen MR) is 467 cm³/mol. The van der Waals surface area contributed by atoms with E-state index in [1.165, 1.54) is 19.1 Å². The number of amides is 12. The lowest BCUT2D eigenvalue weighted by Gasteiger charge is -2.29. The van der Waals surface area contributed by atoms with Crippen LogP contribution >= 0.6 is 0 Å². The van der Waals surface area contributed by atoms with Gasteiger partial charge in [-0.25, -0.2) is 4.79 Å². The van der Waals surface area contributed by atoms with E-state index < -0.39 is 155 Å². The minimum atomic E-state index is -1.36. The first-order chi connectivity index (χ1) is 58.7. The number of carboxylic acid groups (broad SMARTS) is 1. The van der Waals surface area contributed by atoms with Gasteiger partial charge in [0.05, 0.1) is 6.04 Å². The van der Waals surface area contributed by atoms with Gasteiger partial charge in [0.1, 0.15) is 78.3 Å². The minimum Gasteiger partial charge on any atom is -0.508 e. The van der Waals surface area contributed by atoms with Gasteiger partial charge in [-0.15, -0.1) is 0 Å². The van der Waals surface area contributed by atoms with Crippen LogP contribution in [0.5, 0.6) is 5.75 Å². The first-order valence-electron chi connectivity index (χ1n) is 43.6. The minimum absolute atomic E-state index is 0.00118. The van der Waals surface area contributed by atoms with Gasteiger partial charge in [-0.1, -0.05) is 30.3 Å². The Labute approximate surface area is 717 Å². The van der Waals surface area contributed by atoms with Gasteiger partial charge in [0.25, 0.3) is 0 Å². The number of aromatic amines is 1. The number of phenolic OH excluding ortho intramolecular Hbond substituents is 1. The number of phenols is 1. The summed E-state index contributed by atoms with van der Waals surface area (Å²) in [6.45, 7) is 3.80. The van der Waals surface area contributed by atoms with Crippen molar-refractivity contribution in [1.29, 1.82) is 0 Å². The molecule has 39 nitrogen and oxygen atoms in total. The number of H-pyrrole nitrogens is 1. The SMILES string of the molecule is C[C@H](NC(=O)[C@H](CCCCN)NC(=O)[C@@H](N)Cc1ccc(O)cc1)C(=O)N[C@@H](CCCCN)C(=O)N[C@@H](CCCCN)C(=O)N[C@@H](CCCCN)C(=O)N[C@@H](CCCCN)C(=O)N[C@@H](CCCCN)C(=O)N[C@@H](CCCCN)C(=O)N[C@@H](CCCCN)C(=O)N[C@@H](CCCCN)C(=O)N[C@@H](Cc1c[nH]c2ccccc12)C(=O)N[C@@H](CCCCN)C(=O)O. The molecule has 0 saturated heterocycles. The maximum absolute atomic E-state index is 14.9. The average molecular weight is 1720 g/mol. The standard InChI is InChI=1S/C83H146N24O15/c1-53(96-73(111)60(26-4-14-40-84)98-72(110)58(94)50-54-36-38-56(108)39-37-54)71(109)97-61(27-5-15-41-85)74(112)99-62(28-6-16-42-86)75(113)100-63(29-7-17-43-87)76(114)101-64(30-8-18-44-88)77(115)102-65(31-9-19-45-89)78(116)103-66(32-10-20-46-90)79(117)104-67(33-11-21-47-91)80(118)105-68(34-12-22-48-92)81(119)107-70(51-55-52-95-59-25-3-2-24-57(55)59)82(120)106-69(83(121)122)35-13-23-49-93/h2-3,24-25,36-39,52-53,58,60-70,95,108H,4-23,26-35,40-51,84-94H2,1H3,(H,96,111)(H,97,109)(H,98,110)(H,99,112)(H,100,113)(H,101,114)(H,102,115)(H,103,116)(H,104,117)(H,105,118)(H,106,120)(H,107,119)(H,121,122)/t53-,58-,60-,61-,62-,63-,64-,65-,66-,67-,68-,69-,70-/m0/s1. The van der Waals surface area contributed by atoms with Crippen LogP contribution in [0.1, 0.15) is 211 Å². The molecule has 0 radical (unpaired) electrons. The fourth-order valence-electron chi connectivity index (χ4n) is 13.7. The Bertz CT molecular complexity index is 3620. The van der Waals surface area contributed by atoms with E-state index in [0.717, 1.165) is 10.9 Å². The highest BCUT2D eigenvalue weighted by Crippen LogP contribution is 2.21. The molecule has 2 aromatic carbocycles. The molecule has 0 spiro atoms. The zero-order chi connectivity index (χ0) is 90.2. The Balaban J connectivity index is 1.97. The molecular formula is C83H146N24O15. The molecule has 688 valence electrons. The molecule has 1 aromatic heterocycles. The number of aliphatic carboxylic acids is 1. The van der Waals surface area contributed by atoms with Crippen molar-refractivity contribution in [1.82, 2.24) is 68.8 Å². The van der Waals surface area contributed by atoms with Crippen molar-refractivity contribution in [3.05, 3.63) is 65.9 Å². The molecule has 13 atom stereocenters. The van der Waals surface area contributed by atoms with E-state index >= 15 is 0 Å². The molecule has 12 amide bonds. The van der Waals surface area contributed by atoms with E-state index in [0.29, 0.717) is 153 Å². The number of fused-ring (bicyclic) bond motifs is 1. The topological polar surface area (TPSA) is 709 Å². The van der Waals surface area contributed by atoms with E-state index in [9.17, 15) is 72.5 Å². The first kappa shape index (κ1) is 107. The summed E-state index contributed by atoms with van der Waals surface area (Å²) in [6, 6.07) is -3.45. The Kier molecular flexibility index (Phi) is 54.7. The summed E-state index contributed by atoms with van der Waals surface area (Å²) in [5.74, 6) is -10.6. The van der Waals surface area contributed by atoms with Gasteiger partial charge in [-0.3, -0.25) is 57.5 Å². The molecule has 3 rings (SSSR count). The van der Waals surface area contributed by atoms with Crippen molar-refractivity contribution < 1.29 is 72.5 Å². The second-order valence-electron chi connectivity index (χ2n) is 31.1. The third-order valence-electron chi connectivity index (χ3n) is 21.0. The molecule has 39 heteroatoms. The lowest BCUT2D eigenvalue weighted by molar-refractivity contribution is -0.142. The molecular weight excluding hydrogens is 1570 g/mol. The van der Waals surface area contributed by atoms with Crippen LogP contribution in [0.25, 0.3) is 10.9 Å². The molecule has 122 heavy (non-hydrogen) atoms. The number of rotatable bonds is 69. The number of nitrogens with two attached hydrogens (primary N) is 11. The number of carbonyl (C=O) groups excluding carboxylic acids is 12. The number of hydrogen-bond acceptors (Lipinski definition) is 25. The molecule has 1 heterocycles. The van der Waals surface area contributed by atoms with Gasteiger partial charge in [0.15, 0.2) is 0 Å². The zero-order valence-electron chi connectivity index (χ0n) is 71.5. The molecule has 0 unspecified atom stereocenters. The number of nitrogens with one attached hydrogen (secondary N) is 13. The van der Waals surface area contributed by atoms with Gasteiger partial charge in [-0.2, -0.15) is 0 Å². The van der Waals surface area contributed by atoms with Crippen LogP contribution in [0.2, 0.25) is 0 Å². The van der Waals surface area contributed by atoms with Crippen LogP contribution in [0.4, 0.5) is 0 Å². The summed E-state index contributed by atoms with van der Waals surface area (Å²) in [5.41, 5.74) is 67.1. The summed E-state index contributed by atoms with van der Waals surface area (Å²) in [6.07, 6.45) is 9.73. The van der Waals surface area contributed by atoms with Crippen LogP contribution in [0.15, 0.2) is 54.7 Å². The largest absolute Gasteiger partial charge is 0.508 e. The first-order valence-corrected chi connectivity index (χ1v) is 43.6. The molecule has 0 aliphatic heterocycles. The Morgan fingerprint density at radius 1 is 0.295 bits per heavy atom. The van der Waals surface area contributed by atoms with Crippen molar-refractivity contribution >= 4 is 87.8 Å². The molecule has 3 aromatic rings. The van der Waals surface area contributed by atoms with E-state index in [-0.39, 0.29) is 135 Å². The normalized spacial score (nSPS) is 14.5. The monoisotopic (exact) mass is 1720 g/mol. The van der Waals surface area contributed by atoms with E-state index in [4.69, 9.17) is 63.1 Å². The Morgan fingerprint density at radius 2 is 0.533 bits per heavy atom. The van der Waals surface area contributed by atoms with Crippen molar-refractivity contribution in [3.63, 3.8) is 0 Å². The Morgan fingerprint density at radius 3 is 0.820 bits per heavy atom. The smallest absolute Gasteiger partial charge is 0.326 e. The van der Waals surface area contributed by atoms with Gasteiger partial charge < -0.3 is 142 Å². The second-order valence-corrected chi connectivity index (χ2v) is 31.1. The van der Waals surface area contributed by atoms with Crippen LogP contribution in [-0.4, -0.2) is 236 Å². The highest BCUT2D eigenvalue weighted by molar-refractivity contribution is 6.00. The van der Waals surface area contributed by atoms with Gasteiger partial charge in [0.2, 0.25) is 70.9 Å². The molecule has 0 saturated carbocycles. The Hall–Kier alpha value is -9.55. The summed E-state index contributed by atoms with van der Waals surface area (Å²) < 4.78 is 0. The van der Waals surface area contributed by atoms with Crippen LogP contribution in [0.3, 0.4) is 0 Å². The van der Waals surface area contributed by atoms with Crippen LogP contribution < -0.4 is 127 Å². The van der Waals surface area contributed by atoms with Crippen molar-refractivity contribution in [2.75, 3.05) is 65.4 Å².